The molecule has 4 heteroatoms. The zero-order chi connectivity index (χ0) is 11.5. The van der Waals surface area contributed by atoms with Gasteiger partial charge in [0, 0.05) is 17.2 Å². The number of nitrogens with one attached hydrogen (secondary N) is 1. The number of nitrogens with zero attached hydrogens (tertiary/aromatic N) is 2. The molecule has 1 N–H and O–H groups in total. The van der Waals surface area contributed by atoms with Crippen LogP contribution >= 0.6 is 15.9 Å². The smallest absolute Gasteiger partial charge is 0.0787 e. The van der Waals surface area contributed by atoms with E-state index < -0.39 is 0 Å². The van der Waals surface area contributed by atoms with Crippen molar-refractivity contribution in [3.63, 3.8) is 0 Å². The number of aryl methyl sites for hydroxylation is 1. The second-order valence-corrected chi connectivity index (χ2v) is 4.63. The van der Waals surface area contributed by atoms with Crippen LogP contribution in [0.15, 0.2) is 35.1 Å². The van der Waals surface area contributed by atoms with Crippen LogP contribution in [0, 0.1) is 6.92 Å². The molecule has 0 fully saturated rings. The fraction of sp³-hybridized carbons (Fsp3) is 0.250. The van der Waals surface area contributed by atoms with Crippen molar-refractivity contribution in [1.29, 1.82) is 0 Å². The Balaban J connectivity index is 2.36. The van der Waals surface area contributed by atoms with Crippen molar-refractivity contribution in [1.82, 2.24) is 15.1 Å². The van der Waals surface area contributed by atoms with Crippen LogP contribution in [0.5, 0.6) is 0 Å². The molecule has 3 nitrogen and oxygen atoms in total. The van der Waals surface area contributed by atoms with E-state index in [-0.39, 0.29) is 0 Å². The van der Waals surface area contributed by atoms with E-state index in [9.17, 15) is 0 Å². The van der Waals surface area contributed by atoms with Gasteiger partial charge in [0.1, 0.15) is 0 Å². The van der Waals surface area contributed by atoms with Crippen LogP contribution in [-0.2, 0) is 6.54 Å². The predicted octanol–water partition coefficient (Wildman–Crippen LogP) is 2.66. The number of hydrogen-bond donors (Lipinski definition) is 1. The second-order valence-electron chi connectivity index (χ2n) is 3.78. The number of aromatic nitrogens is 2. The zero-order valence-corrected chi connectivity index (χ0v) is 11.0. The van der Waals surface area contributed by atoms with Gasteiger partial charge in [0.05, 0.1) is 11.9 Å². The molecule has 84 valence electrons. The molecular formula is C12H14BrN3. The highest BCUT2D eigenvalue weighted by molar-refractivity contribution is 9.10. The van der Waals surface area contributed by atoms with Gasteiger partial charge in [0.2, 0.25) is 0 Å². The zero-order valence-electron chi connectivity index (χ0n) is 9.37. The van der Waals surface area contributed by atoms with E-state index in [0.29, 0.717) is 0 Å². The van der Waals surface area contributed by atoms with Gasteiger partial charge in [-0.1, -0.05) is 6.07 Å². The normalized spacial score (nSPS) is 10.7. The minimum Gasteiger partial charge on any atom is -0.316 e. The average Bonchev–Trinajstić information content (AvgIpc) is 2.65. The van der Waals surface area contributed by atoms with Gasteiger partial charge in [-0.3, -0.25) is 0 Å². The fourth-order valence-corrected chi connectivity index (χ4v) is 2.20. The molecule has 0 saturated heterocycles. The Morgan fingerprint density at radius 3 is 2.81 bits per heavy atom. The second kappa shape index (κ2) is 4.80. The third-order valence-corrected chi connectivity index (χ3v) is 2.99. The summed E-state index contributed by atoms with van der Waals surface area (Å²) in [6.07, 6.45) is 3.87. The molecule has 1 aromatic carbocycles. The minimum atomic E-state index is 0.872. The highest BCUT2D eigenvalue weighted by Crippen LogP contribution is 2.22. The molecule has 0 aliphatic heterocycles. The molecule has 0 saturated carbocycles. The quantitative estimate of drug-likeness (QED) is 0.936. The van der Waals surface area contributed by atoms with Gasteiger partial charge in [-0.05, 0) is 53.2 Å². The van der Waals surface area contributed by atoms with E-state index >= 15 is 0 Å². The van der Waals surface area contributed by atoms with Crippen molar-refractivity contribution < 1.29 is 0 Å². The average molecular weight is 280 g/mol. The van der Waals surface area contributed by atoms with Crippen LogP contribution in [0.1, 0.15) is 11.1 Å². The lowest BCUT2D eigenvalue weighted by molar-refractivity contribution is 0.814. The van der Waals surface area contributed by atoms with Gasteiger partial charge in [-0.15, -0.1) is 0 Å². The standard InChI is InChI=1S/C12H14BrN3/c1-9-6-15-16(8-9)12-4-3-10(7-14-2)5-11(12)13/h3-6,8,14H,7H2,1-2H3. The molecule has 1 heterocycles. The fourth-order valence-electron chi connectivity index (χ4n) is 1.59. The summed E-state index contributed by atoms with van der Waals surface area (Å²) in [4.78, 5) is 0. The summed E-state index contributed by atoms with van der Waals surface area (Å²) in [6, 6.07) is 6.29. The maximum atomic E-state index is 4.29. The maximum absolute atomic E-state index is 4.29. The van der Waals surface area contributed by atoms with E-state index in [1.807, 2.05) is 31.0 Å². The Bertz CT molecular complexity index is 491. The Labute approximate surface area is 104 Å². The Kier molecular flexibility index (Phi) is 3.41. The lowest BCUT2D eigenvalue weighted by Crippen LogP contribution is -2.05. The monoisotopic (exact) mass is 279 g/mol. The van der Waals surface area contributed by atoms with Crippen LogP contribution in [0.25, 0.3) is 5.69 Å². The molecule has 0 radical (unpaired) electrons. The highest BCUT2D eigenvalue weighted by Gasteiger charge is 2.04. The van der Waals surface area contributed by atoms with Crippen molar-refractivity contribution >= 4 is 15.9 Å². The summed E-state index contributed by atoms with van der Waals surface area (Å²) in [7, 11) is 1.94. The van der Waals surface area contributed by atoms with Gasteiger partial charge in [0.25, 0.3) is 0 Å². The van der Waals surface area contributed by atoms with Crippen molar-refractivity contribution in [3.8, 4) is 5.69 Å². The van der Waals surface area contributed by atoms with Gasteiger partial charge in [0.15, 0.2) is 0 Å². The topological polar surface area (TPSA) is 29.9 Å². The van der Waals surface area contributed by atoms with Crippen molar-refractivity contribution in [3.05, 3.63) is 46.2 Å². The molecule has 0 aliphatic carbocycles. The number of rotatable bonds is 3. The van der Waals surface area contributed by atoms with Gasteiger partial charge in [-0.25, -0.2) is 4.68 Å². The Morgan fingerprint density at radius 1 is 1.44 bits per heavy atom. The van der Waals surface area contributed by atoms with E-state index in [0.717, 1.165) is 22.3 Å². The van der Waals surface area contributed by atoms with Gasteiger partial charge < -0.3 is 5.32 Å². The van der Waals surface area contributed by atoms with E-state index in [2.05, 4.69) is 44.5 Å². The predicted molar refractivity (Wildman–Crippen MR) is 68.8 cm³/mol. The number of hydrogen-bond acceptors (Lipinski definition) is 2. The molecule has 0 atom stereocenters. The van der Waals surface area contributed by atoms with E-state index in [1.165, 1.54) is 5.56 Å². The van der Waals surface area contributed by atoms with Gasteiger partial charge >= 0.3 is 0 Å². The Hall–Kier alpha value is -1.13. The SMILES string of the molecule is CNCc1ccc(-n2cc(C)cn2)c(Br)c1. The first-order valence-corrected chi connectivity index (χ1v) is 5.94. The number of halogens is 1. The summed E-state index contributed by atoms with van der Waals surface area (Å²) in [6.45, 7) is 2.91. The first-order valence-electron chi connectivity index (χ1n) is 5.15. The van der Waals surface area contributed by atoms with Crippen molar-refractivity contribution in [2.24, 2.45) is 0 Å². The van der Waals surface area contributed by atoms with E-state index in [1.54, 1.807) is 0 Å². The van der Waals surface area contributed by atoms with Crippen LogP contribution in [-0.4, -0.2) is 16.8 Å². The summed E-state index contributed by atoms with van der Waals surface area (Å²) in [5.74, 6) is 0. The molecule has 1 aromatic heterocycles. The molecule has 2 rings (SSSR count). The summed E-state index contributed by atoms with van der Waals surface area (Å²) in [5, 5.41) is 7.42. The first kappa shape index (κ1) is 11.4. The molecule has 0 amide bonds. The van der Waals surface area contributed by atoms with E-state index in [4.69, 9.17) is 0 Å². The number of benzene rings is 1. The van der Waals surface area contributed by atoms with Crippen LogP contribution in [0.4, 0.5) is 0 Å². The molecule has 0 aliphatic rings. The first-order chi connectivity index (χ1) is 7.70. The summed E-state index contributed by atoms with van der Waals surface area (Å²) < 4.78 is 2.94. The van der Waals surface area contributed by atoms with Crippen molar-refractivity contribution in [2.45, 2.75) is 13.5 Å². The minimum absolute atomic E-state index is 0.872. The van der Waals surface area contributed by atoms with Gasteiger partial charge in [-0.2, -0.15) is 5.10 Å². The van der Waals surface area contributed by atoms with Crippen LogP contribution in [0.2, 0.25) is 0 Å². The lowest BCUT2D eigenvalue weighted by atomic mass is 10.2. The third-order valence-electron chi connectivity index (χ3n) is 2.35. The highest BCUT2D eigenvalue weighted by atomic mass is 79.9. The third kappa shape index (κ3) is 2.33. The summed E-state index contributed by atoms with van der Waals surface area (Å²) in [5.41, 5.74) is 3.47. The molecule has 0 spiro atoms. The molecule has 0 bridgehead atoms. The maximum Gasteiger partial charge on any atom is 0.0787 e. The Morgan fingerprint density at radius 2 is 2.25 bits per heavy atom. The molecule has 2 aromatic rings. The molecular weight excluding hydrogens is 266 g/mol. The largest absolute Gasteiger partial charge is 0.316 e. The lowest BCUT2D eigenvalue weighted by Gasteiger charge is -2.07. The van der Waals surface area contributed by atoms with Crippen LogP contribution in [0.3, 0.4) is 0 Å². The summed E-state index contributed by atoms with van der Waals surface area (Å²) >= 11 is 3.57. The molecule has 0 unspecified atom stereocenters. The van der Waals surface area contributed by atoms with Crippen LogP contribution < -0.4 is 5.32 Å². The molecule has 16 heavy (non-hydrogen) atoms. The van der Waals surface area contributed by atoms with Crippen molar-refractivity contribution in [2.75, 3.05) is 7.05 Å².